The predicted molar refractivity (Wildman–Crippen MR) is 111 cm³/mol. The molecular weight excluding hydrogens is 378 g/mol. The van der Waals surface area contributed by atoms with E-state index in [1.54, 1.807) is 10.4 Å². The van der Waals surface area contributed by atoms with Gasteiger partial charge in [-0.05, 0) is 48.6 Å². The molecule has 1 saturated heterocycles. The monoisotopic (exact) mass is 401 g/mol. The number of halogens is 1. The molecule has 5 heteroatoms. The molecule has 2 aliphatic rings. The molecule has 0 bridgehead atoms. The Hall–Kier alpha value is -1.62. The third kappa shape index (κ3) is 3.58. The number of sulfonamides is 1. The second kappa shape index (κ2) is 7.42. The molecule has 0 saturated carbocycles. The largest absolute Gasteiger partial charge is 0.243 e. The second-order valence-electron chi connectivity index (χ2n) is 7.49. The number of fused-ring (bicyclic) bond motifs is 1. The number of hydrogen-bond acceptors (Lipinski definition) is 2. The summed E-state index contributed by atoms with van der Waals surface area (Å²) in [4.78, 5) is 0.419. The fraction of sp³-hybridized carbons (Fsp3) is 0.364. The molecule has 3 nitrogen and oxygen atoms in total. The summed E-state index contributed by atoms with van der Waals surface area (Å²) in [6, 6.07) is 11.4. The molecule has 1 aliphatic heterocycles. The minimum atomic E-state index is -3.50. The molecule has 1 fully saturated rings. The quantitative estimate of drug-likeness (QED) is 0.659. The molecule has 0 amide bonds. The van der Waals surface area contributed by atoms with E-state index in [-0.39, 0.29) is 0 Å². The summed E-state index contributed by atoms with van der Waals surface area (Å²) in [7, 11) is -3.50. The molecule has 2 aromatic rings. The fourth-order valence-electron chi connectivity index (χ4n) is 4.25. The van der Waals surface area contributed by atoms with Crippen LogP contribution in [0.4, 0.5) is 0 Å². The number of nitrogens with zero attached hydrogens (tertiary/aromatic N) is 1. The summed E-state index contributed by atoms with van der Waals surface area (Å²) in [5.41, 5.74) is 1.09. The van der Waals surface area contributed by atoms with Gasteiger partial charge < -0.3 is 0 Å². The highest BCUT2D eigenvalue weighted by atomic mass is 35.5. The highest BCUT2D eigenvalue weighted by Crippen LogP contribution is 2.35. The second-order valence-corrected chi connectivity index (χ2v) is 9.88. The maximum absolute atomic E-state index is 13.3. The Bertz CT molecular complexity index is 1020. The first-order chi connectivity index (χ1) is 13.0. The molecule has 1 atom stereocenters. The SMILES string of the molecule is Cc1ccc(S(=O)(=O)N2CCC(C3C=CCC(Cl)=C3)CC2)c2ccccc12. The summed E-state index contributed by atoms with van der Waals surface area (Å²) in [6.45, 7) is 3.14. The molecule has 0 N–H and O–H groups in total. The van der Waals surface area contributed by atoms with E-state index in [9.17, 15) is 8.42 Å². The number of aryl methyl sites for hydroxylation is 1. The van der Waals surface area contributed by atoms with Gasteiger partial charge >= 0.3 is 0 Å². The molecule has 142 valence electrons. The molecular formula is C22H24ClNO2S. The van der Waals surface area contributed by atoms with Crippen LogP contribution in [-0.2, 0) is 10.0 Å². The van der Waals surface area contributed by atoms with Gasteiger partial charge in [0.15, 0.2) is 0 Å². The zero-order chi connectivity index (χ0) is 19.0. The first kappa shape index (κ1) is 18.7. The lowest BCUT2D eigenvalue weighted by molar-refractivity contribution is 0.250. The third-order valence-electron chi connectivity index (χ3n) is 5.81. The topological polar surface area (TPSA) is 37.4 Å². The van der Waals surface area contributed by atoms with Crippen molar-refractivity contribution in [3.63, 3.8) is 0 Å². The van der Waals surface area contributed by atoms with Crippen LogP contribution in [0.25, 0.3) is 10.8 Å². The van der Waals surface area contributed by atoms with Gasteiger partial charge in [-0.1, -0.05) is 60.2 Å². The van der Waals surface area contributed by atoms with Crippen molar-refractivity contribution in [3.05, 3.63) is 65.2 Å². The van der Waals surface area contributed by atoms with Crippen LogP contribution in [0, 0.1) is 18.8 Å². The van der Waals surface area contributed by atoms with Crippen LogP contribution >= 0.6 is 11.6 Å². The zero-order valence-corrected chi connectivity index (χ0v) is 17.0. The Labute approximate surface area is 166 Å². The van der Waals surface area contributed by atoms with Gasteiger partial charge in [0.2, 0.25) is 10.0 Å². The van der Waals surface area contributed by atoms with Crippen molar-refractivity contribution < 1.29 is 8.42 Å². The van der Waals surface area contributed by atoms with Gasteiger partial charge in [0, 0.05) is 29.9 Å². The van der Waals surface area contributed by atoms with Crippen molar-refractivity contribution in [1.29, 1.82) is 0 Å². The van der Waals surface area contributed by atoms with Crippen molar-refractivity contribution in [3.8, 4) is 0 Å². The lowest BCUT2D eigenvalue weighted by atomic mass is 9.83. The van der Waals surface area contributed by atoms with Crippen LogP contribution in [0.5, 0.6) is 0 Å². The molecule has 0 aromatic heterocycles. The van der Waals surface area contributed by atoms with Crippen LogP contribution in [-0.4, -0.2) is 25.8 Å². The first-order valence-electron chi connectivity index (χ1n) is 9.48. The van der Waals surface area contributed by atoms with Crippen molar-refractivity contribution in [2.75, 3.05) is 13.1 Å². The lowest BCUT2D eigenvalue weighted by Gasteiger charge is -2.34. The standard InChI is InChI=1S/C22H24ClNO2S/c1-16-9-10-22(21-8-3-2-7-20(16)21)27(25,26)24-13-11-17(12-14-24)18-5-4-6-19(23)15-18/h2-5,7-10,15,17-18H,6,11-14H2,1H3. The maximum Gasteiger partial charge on any atom is 0.243 e. The number of piperidine rings is 1. The average molecular weight is 402 g/mol. The summed E-state index contributed by atoms with van der Waals surface area (Å²) in [6.07, 6.45) is 9.00. The minimum Gasteiger partial charge on any atom is -0.207 e. The highest BCUT2D eigenvalue weighted by molar-refractivity contribution is 7.89. The van der Waals surface area contributed by atoms with Crippen molar-refractivity contribution in [2.24, 2.45) is 11.8 Å². The predicted octanol–water partition coefficient (Wildman–Crippen LogP) is 5.25. The Kier molecular flexibility index (Phi) is 5.15. The normalized spacial score (nSPS) is 22.1. The van der Waals surface area contributed by atoms with Gasteiger partial charge in [0.25, 0.3) is 0 Å². The van der Waals surface area contributed by atoms with Gasteiger partial charge in [-0.15, -0.1) is 0 Å². The highest BCUT2D eigenvalue weighted by Gasteiger charge is 2.32. The van der Waals surface area contributed by atoms with Crippen LogP contribution in [0.2, 0.25) is 0 Å². The van der Waals surface area contributed by atoms with Gasteiger partial charge in [-0.25, -0.2) is 8.42 Å². The van der Waals surface area contributed by atoms with Gasteiger partial charge in [-0.3, -0.25) is 0 Å². The Morgan fingerprint density at radius 1 is 1.04 bits per heavy atom. The molecule has 1 unspecified atom stereocenters. The molecule has 0 spiro atoms. The van der Waals surface area contributed by atoms with E-state index < -0.39 is 10.0 Å². The number of hydrogen-bond donors (Lipinski definition) is 0. The van der Waals surface area contributed by atoms with E-state index >= 15 is 0 Å². The van der Waals surface area contributed by atoms with E-state index in [4.69, 9.17) is 11.6 Å². The summed E-state index contributed by atoms with van der Waals surface area (Å²) >= 11 is 6.18. The van der Waals surface area contributed by atoms with E-state index in [0.717, 1.165) is 40.6 Å². The van der Waals surface area contributed by atoms with Crippen LogP contribution in [0.3, 0.4) is 0 Å². The smallest absolute Gasteiger partial charge is 0.207 e. The first-order valence-corrected chi connectivity index (χ1v) is 11.3. The lowest BCUT2D eigenvalue weighted by Crippen LogP contribution is -2.39. The average Bonchev–Trinajstić information content (AvgIpc) is 2.68. The van der Waals surface area contributed by atoms with E-state index in [2.05, 4.69) is 18.2 Å². The zero-order valence-electron chi connectivity index (χ0n) is 15.4. The van der Waals surface area contributed by atoms with Gasteiger partial charge in [0.05, 0.1) is 4.90 Å². The number of rotatable bonds is 3. The van der Waals surface area contributed by atoms with E-state index in [1.165, 1.54) is 0 Å². The summed E-state index contributed by atoms with van der Waals surface area (Å²) in [5.74, 6) is 0.785. The van der Waals surface area contributed by atoms with E-state index in [1.807, 2.05) is 37.3 Å². The van der Waals surface area contributed by atoms with Crippen LogP contribution in [0.15, 0.2) is 64.6 Å². The van der Waals surface area contributed by atoms with E-state index in [0.29, 0.717) is 29.8 Å². The minimum absolute atomic E-state index is 0.330. The van der Waals surface area contributed by atoms with Gasteiger partial charge in [-0.2, -0.15) is 4.31 Å². The molecule has 1 heterocycles. The summed E-state index contributed by atoms with van der Waals surface area (Å²) in [5, 5.41) is 2.70. The number of allylic oxidation sites excluding steroid dienone is 4. The maximum atomic E-state index is 13.3. The molecule has 0 radical (unpaired) electrons. The van der Waals surface area contributed by atoms with Gasteiger partial charge in [0.1, 0.15) is 0 Å². The number of benzene rings is 2. The molecule has 27 heavy (non-hydrogen) atoms. The molecule has 2 aromatic carbocycles. The van der Waals surface area contributed by atoms with Crippen molar-refractivity contribution in [1.82, 2.24) is 4.31 Å². The molecule has 4 rings (SSSR count). The van der Waals surface area contributed by atoms with Crippen molar-refractivity contribution >= 4 is 32.4 Å². The van der Waals surface area contributed by atoms with Crippen LogP contribution < -0.4 is 0 Å². The summed E-state index contributed by atoms with van der Waals surface area (Å²) < 4.78 is 28.3. The Balaban J connectivity index is 1.57. The Morgan fingerprint density at radius 3 is 2.44 bits per heavy atom. The third-order valence-corrected chi connectivity index (χ3v) is 8.04. The van der Waals surface area contributed by atoms with Crippen LogP contribution in [0.1, 0.15) is 24.8 Å². The van der Waals surface area contributed by atoms with Crippen molar-refractivity contribution in [2.45, 2.75) is 31.1 Å². The molecule has 1 aliphatic carbocycles. The Morgan fingerprint density at radius 2 is 1.74 bits per heavy atom. The fourth-order valence-corrected chi connectivity index (χ4v) is 6.15.